The Bertz CT molecular complexity index is 1030. The highest BCUT2D eigenvalue weighted by atomic mass is 16.5. The van der Waals surface area contributed by atoms with Crippen LogP contribution < -0.4 is 9.47 Å². The van der Waals surface area contributed by atoms with Gasteiger partial charge in [-0.15, -0.1) is 0 Å². The molecule has 0 N–H and O–H groups in total. The lowest BCUT2D eigenvalue weighted by molar-refractivity contribution is -0.0190. The van der Waals surface area contributed by atoms with E-state index in [1.807, 2.05) is 24.3 Å². The van der Waals surface area contributed by atoms with Crippen molar-refractivity contribution in [2.45, 2.75) is 38.5 Å². The van der Waals surface area contributed by atoms with E-state index in [1.54, 1.807) is 0 Å². The molecule has 152 valence electrons. The highest BCUT2D eigenvalue weighted by molar-refractivity contribution is 6.01. The third kappa shape index (κ3) is 3.54. The first kappa shape index (κ1) is 18.7. The van der Waals surface area contributed by atoms with Gasteiger partial charge in [-0.1, -0.05) is 61.9 Å². The van der Waals surface area contributed by atoms with Gasteiger partial charge < -0.3 is 9.47 Å². The molecule has 3 aromatic rings. The Kier molecular flexibility index (Phi) is 5.14. The van der Waals surface area contributed by atoms with E-state index in [2.05, 4.69) is 66.5 Å². The number of nitrogens with zero attached hydrogens (tertiary/aromatic N) is 2. The first-order valence-electron chi connectivity index (χ1n) is 10.7. The number of hydrogen-bond acceptors (Lipinski definition) is 4. The highest BCUT2D eigenvalue weighted by Gasteiger charge is 2.40. The minimum absolute atomic E-state index is 0.177. The van der Waals surface area contributed by atoms with Gasteiger partial charge in [0.05, 0.1) is 18.4 Å². The number of para-hydroxylation sites is 1. The largest absolute Gasteiger partial charge is 0.494 e. The molecule has 2 aliphatic heterocycles. The van der Waals surface area contributed by atoms with E-state index in [4.69, 9.17) is 14.6 Å². The number of fused-ring (bicyclic) bond motifs is 3. The Labute approximate surface area is 177 Å². The molecule has 0 amide bonds. The Morgan fingerprint density at radius 3 is 2.53 bits per heavy atom. The predicted molar refractivity (Wildman–Crippen MR) is 119 cm³/mol. The molecule has 0 aliphatic carbocycles. The SMILES string of the molecule is CCCCOc1ccc(C2Oc3ccccc3C3CC(c4ccccc4)=NN32)cc1. The number of ether oxygens (including phenoxy) is 2. The van der Waals surface area contributed by atoms with E-state index < -0.39 is 0 Å². The summed E-state index contributed by atoms with van der Waals surface area (Å²) >= 11 is 0. The number of unbranched alkanes of at least 4 members (excludes halogenated alkanes) is 1. The fraction of sp³-hybridized carbons (Fsp3) is 0.269. The van der Waals surface area contributed by atoms with Crippen LogP contribution >= 0.6 is 0 Å². The van der Waals surface area contributed by atoms with Crippen molar-refractivity contribution in [3.63, 3.8) is 0 Å². The summed E-state index contributed by atoms with van der Waals surface area (Å²) in [6.45, 7) is 2.92. The second kappa shape index (κ2) is 8.23. The standard InChI is InChI=1S/C26H26N2O2/c1-2-3-17-29-21-15-13-20(14-16-21)26-28-24(22-11-7-8-12-25(22)30-26)18-23(27-28)19-9-5-4-6-10-19/h4-16,24,26H,2-3,17-18H2,1H3. The van der Waals surface area contributed by atoms with Crippen LogP contribution in [0.2, 0.25) is 0 Å². The summed E-state index contributed by atoms with van der Waals surface area (Å²) in [5, 5.41) is 7.14. The molecular formula is C26H26N2O2. The molecule has 0 saturated carbocycles. The average molecular weight is 399 g/mol. The summed E-state index contributed by atoms with van der Waals surface area (Å²) in [6, 6.07) is 27.1. The van der Waals surface area contributed by atoms with Crippen molar-refractivity contribution in [3.8, 4) is 11.5 Å². The van der Waals surface area contributed by atoms with E-state index in [9.17, 15) is 0 Å². The minimum Gasteiger partial charge on any atom is -0.494 e. The van der Waals surface area contributed by atoms with Crippen LogP contribution in [0.4, 0.5) is 0 Å². The maximum atomic E-state index is 6.43. The van der Waals surface area contributed by atoms with E-state index in [-0.39, 0.29) is 12.3 Å². The van der Waals surface area contributed by atoms with Gasteiger partial charge in [0.25, 0.3) is 0 Å². The van der Waals surface area contributed by atoms with Crippen LogP contribution in [0.5, 0.6) is 11.5 Å². The van der Waals surface area contributed by atoms with Crippen molar-refractivity contribution in [1.82, 2.24) is 5.01 Å². The topological polar surface area (TPSA) is 34.1 Å². The van der Waals surface area contributed by atoms with Crippen LogP contribution in [0.1, 0.15) is 55.1 Å². The molecule has 0 bridgehead atoms. The molecule has 4 nitrogen and oxygen atoms in total. The highest BCUT2D eigenvalue weighted by Crippen LogP contribution is 2.47. The van der Waals surface area contributed by atoms with Crippen molar-refractivity contribution >= 4 is 5.71 Å². The summed E-state index contributed by atoms with van der Waals surface area (Å²) < 4.78 is 12.3. The Morgan fingerprint density at radius 2 is 1.73 bits per heavy atom. The van der Waals surface area contributed by atoms with Crippen molar-refractivity contribution in [1.29, 1.82) is 0 Å². The first-order valence-corrected chi connectivity index (χ1v) is 10.7. The first-order chi connectivity index (χ1) is 14.8. The average Bonchev–Trinajstić information content (AvgIpc) is 3.26. The molecule has 0 radical (unpaired) electrons. The van der Waals surface area contributed by atoms with Gasteiger partial charge in [-0.05, 0) is 42.3 Å². The van der Waals surface area contributed by atoms with Crippen LogP contribution in [0.15, 0.2) is 84.0 Å². The Balaban J connectivity index is 1.46. The zero-order valence-corrected chi connectivity index (χ0v) is 17.2. The Morgan fingerprint density at radius 1 is 0.967 bits per heavy atom. The number of rotatable bonds is 6. The van der Waals surface area contributed by atoms with Gasteiger partial charge in [0.2, 0.25) is 6.23 Å². The van der Waals surface area contributed by atoms with Crippen LogP contribution in [-0.2, 0) is 0 Å². The smallest absolute Gasteiger partial charge is 0.213 e. The van der Waals surface area contributed by atoms with Crippen molar-refractivity contribution < 1.29 is 9.47 Å². The van der Waals surface area contributed by atoms with Gasteiger partial charge in [0.1, 0.15) is 11.5 Å². The summed E-state index contributed by atoms with van der Waals surface area (Å²) in [4.78, 5) is 0. The van der Waals surface area contributed by atoms with Gasteiger partial charge in [-0.3, -0.25) is 0 Å². The van der Waals surface area contributed by atoms with E-state index >= 15 is 0 Å². The molecule has 2 aliphatic rings. The van der Waals surface area contributed by atoms with E-state index in [0.717, 1.165) is 48.6 Å². The number of hydrogen-bond donors (Lipinski definition) is 0. The predicted octanol–water partition coefficient (Wildman–Crippen LogP) is 6.11. The molecule has 4 heteroatoms. The molecular weight excluding hydrogens is 372 g/mol. The normalized spacial score (nSPS) is 19.5. The minimum atomic E-state index is -0.254. The molecule has 3 aromatic carbocycles. The van der Waals surface area contributed by atoms with Crippen LogP contribution in [0, 0.1) is 0 Å². The molecule has 0 fully saturated rings. The summed E-state index contributed by atoms with van der Waals surface area (Å²) in [7, 11) is 0. The van der Waals surface area contributed by atoms with Gasteiger partial charge in [-0.2, -0.15) is 5.10 Å². The lowest BCUT2D eigenvalue weighted by Gasteiger charge is -2.38. The Hall–Kier alpha value is -3.27. The van der Waals surface area contributed by atoms with Gasteiger partial charge in [0, 0.05) is 17.5 Å². The van der Waals surface area contributed by atoms with E-state index in [0.29, 0.717) is 0 Å². The maximum Gasteiger partial charge on any atom is 0.213 e. The molecule has 30 heavy (non-hydrogen) atoms. The van der Waals surface area contributed by atoms with Gasteiger partial charge in [0.15, 0.2) is 0 Å². The van der Waals surface area contributed by atoms with E-state index in [1.165, 1.54) is 11.1 Å². The molecule has 0 aromatic heterocycles. The summed E-state index contributed by atoms with van der Waals surface area (Å²) in [5.41, 5.74) is 4.55. The lowest BCUT2D eigenvalue weighted by Crippen LogP contribution is -2.33. The maximum absolute atomic E-state index is 6.43. The fourth-order valence-corrected chi connectivity index (χ4v) is 4.12. The van der Waals surface area contributed by atoms with Crippen molar-refractivity contribution in [2.24, 2.45) is 5.10 Å². The summed E-state index contributed by atoms with van der Waals surface area (Å²) in [5.74, 6) is 1.84. The number of benzene rings is 3. The quantitative estimate of drug-likeness (QED) is 0.470. The fourth-order valence-electron chi connectivity index (χ4n) is 4.12. The van der Waals surface area contributed by atoms with Crippen molar-refractivity contribution in [3.05, 3.63) is 95.6 Å². The third-order valence-corrected chi connectivity index (χ3v) is 5.74. The third-order valence-electron chi connectivity index (χ3n) is 5.74. The zero-order chi connectivity index (χ0) is 20.3. The molecule has 2 heterocycles. The summed E-state index contributed by atoms with van der Waals surface area (Å²) in [6.07, 6.45) is 2.82. The van der Waals surface area contributed by atoms with Gasteiger partial charge in [-0.25, -0.2) is 5.01 Å². The lowest BCUT2D eigenvalue weighted by atomic mass is 9.96. The van der Waals surface area contributed by atoms with Crippen LogP contribution in [0.25, 0.3) is 0 Å². The molecule has 5 rings (SSSR count). The molecule has 2 unspecified atom stereocenters. The monoisotopic (exact) mass is 398 g/mol. The molecule has 0 saturated heterocycles. The molecule has 0 spiro atoms. The van der Waals surface area contributed by atoms with Crippen molar-refractivity contribution in [2.75, 3.05) is 6.61 Å². The zero-order valence-electron chi connectivity index (χ0n) is 17.2. The second-order valence-electron chi connectivity index (χ2n) is 7.79. The van der Waals surface area contributed by atoms with Crippen LogP contribution in [-0.4, -0.2) is 17.3 Å². The molecule has 2 atom stereocenters. The number of hydrazone groups is 1. The van der Waals surface area contributed by atoms with Crippen LogP contribution in [0.3, 0.4) is 0 Å². The second-order valence-corrected chi connectivity index (χ2v) is 7.79. The van der Waals surface area contributed by atoms with Gasteiger partial charge >= 0.3 is 0 Å².